The molecule has 2 aliphatic heterocycles. The molecule has 266 valence electrons. The van der Waals surface area contributed by atoms with Gasteiger partial charge in [-0.2, -0.15) is 0 Å². The Labute approximate surface area is 286 Å². The van der Waals surface area contributed by atoms with Gasteiger partial charge in [-0.1, -0.05) is 40.2 Å². The maximum atomic E-state index is 14.4. The van der Waals surface area contributed by atoms with Crippen LogP contribution in [0.2, 0.25) is 0 Å². The summed E-state index contributed by atoms with van der Waals surface area (Å²) in [5, 5.41) is 6.52. The highest BCUT2D eigenvalue weighted by Crippen LogP contribution is 2.47. The third-order valence-electron chi connectivity index (χ3n) is 9.79. The average Bonchev–Trinajstić information content (AvgIpc) is 3.97. The van der Waals surface area contributed by atoms with E-state index >= 15 is 0 Å². The number of ether oxygens (including phenoxy) is 3. The van der Waals surface area contributed by atoms with Gasteiger partial charge in [-0.15, -0.1) is 0 Å². The number of amides is 4. The number of carbonyl (C=O) groups is 4. The van der Waals surface area contributed by atoms with Crippen LogP contribution >= 0.6 is 0 Å². The molecule has 14 nitrogen and oxygen atoms in total. The number of nitrogens with zero attached hydrogens (tertiary/aromatic N) is 2. The summed E-state index contributed by atoms with van der Waals surface area (Å²) in [5.74, 6) is -1.25. The number of rotatable bonds is 6. The van der Waals surface area contributed by atoms with Gasteiger partial charge in [-0.25, -0.2) is 18.2 Å². The fourth-order valence-corrected chi connectivity index (χ4v) is 8.03. The third kappa shape index (κ3) is 7.41. The van der Waals surface area contributed by atoms with E-state index in [1.807, 2.05) is 31.2 Å². The van der Waals surface area contributed by atoms with Crippen LogP contribution in [0.3, 0.4) is 0 Å². The minimum Gasteiger partial charge on any atom is -0.494 e. The standard InChI is InChI=1S/C34H45N5O9S/c1-5-21-18-34(21,31(42)38-49(44,45)24-10-11-24)37-28(40)26-17-23-19-39(26)30(41)27(33(2,3)4)36-32(43)47-15-7-6-14-46-22-9-8-20-12-13-35-29(48-23)25(20)16-22/h8-9,12-13,16,21,23-24,26-27H,5-7,10-11,14-15,17-19H2,1-4H3,(H,36,43)(H,37,40)(H,38,42)/t21-,23-,26+,27-,34-/m1/s1. The number of benzene rings is 1. The number of nitrogens with one attached hydrogen (secondary N) is 3. The Bertz CT molecular complexity index is 1740. The zero-order chi connectivity index (χ0) is 35.1. The molecule has 5 atom stereocenters. The summed E-state index contributed by atoms with van der Waals surface area (Å²) in [7, 11) is -3.85. The topological polar surface area (TPSA) is 182 Å². The van der Waals surface area contributed by atoms with Crippen molar-refractivity contribution in [1.82, 2.24) is 25.2 Å². The van der Waals surface area contributed by atoms with Gasteiger partial charge in [0.25, 0.3) is 5.91 Å². The van der Waals surface area contributed by atoms with Crippen molar-refractivity contribution in [2.24, 2.45) is 11.3 Å². The van der Waals surface area contributed by atoms with Crippen molar-refractivity contribution < 1.29 is 41.8 Å². The normalized spacial score (nSPS) is 28.0. The van der Waals surface area contributed by atoms with E-state index in [-0.39, 0.29) is 31.9 Å². The molecule has 4 bridgehead atoms. The molecule has 1 aromatic heterocycles. The van der Waals surface area contributed by atoms with Crippen LogP contribution < -0.4 is 24.8 Å². The molecule has 15 heteroatoms. The molecule has 0 unspecified atom stereocenters. The van der Waals surface area contributed by atoms with Crippen LogP contribution in [-0.4, -0.2) is 90.9 Å². The Morgan fingerprint density at radius 3 is 2.51 bits per heavy atom. The molecule has 1 aromatic carbocycles. The highest BCUT2D eigenvalue weighted by Gasteiger charge is 2.62. The molecule has 3 fully saturated rings. The molecular formula is C34H45N5O9S. The zero-order valence-electron chi connectivity index (χ0n) is 28.3. The molecule has 2 saturated carbocycles. The Kier molecular flexibility index (Phi) is 9.42. The summed E-state index contributed by atoms with van der Waals surface area (Å²) in [6, 6.07) is 5.26. The summed E-state index contributed by atoms with van der Waals surface area (Å²) < 4.78 is 45.3. The van der Waals surface area contributed by atoms with Gasteiger partial charge < -0.3 is 29.7 Å². The smallest absolute Gasteiger partial charge is 0.407 e. The van der Waals surface area contributed by atoms with E-state index in [1.54, 1.807) is 27.0 Å². The lowest BCUT2D eigenvalue weighted by Gasteiger charge is -2.35. The average molecular weight is 700 g/mol. The van der Waals surface area contributed by atoms with Gasteiger partial charge in [0.1, 0.15) is 29.5 Å². The molecule has 2 aliphatic carbocycles. The summed E-state index contributed by atoms with van der Waals surface area (Å²) in [6.07, 6.45) is 3.16. The number of hydrogen-bond donors (Lipinski definition) is 3. The van der Waals surface area contributed by atoms with Gasteiger partial charge in [0.15, 0.2) is 0 Å². The van der Waals surface area contributed by atoms with Crippen LogP contribution in [-0.2, 0) is 29.1 Å². The molecule has 3 N–H and O–H groups in total. The Hall–Kier alpha value is -4.14. The minimum atomic E-state index is -3.85. The van der Waals surface area contributed by atoms with Gasteiger partial charge in [0.2, 0.25) is 27.7 Å². The van der Waals surface area contributed by atoms with E-state index in [4.69, 9.17) is 14.2 Å². The van der Waals surface area contributed by atoms with E-state index < -0.39 is 68.2 Å². The first kappa shape index (κ1) is 34.7. The summed E-state index contributed by atoms with van der Waals surface area (Å²) in [4.78, 5) is 60.8. The first-order valence-electron chi connectivity index (χ1n) is 17.0. The third-order valence-corrected chi connectivity index (χ3v) is 11.6. The van der Waals surface area contributed by atoms with E-state index in [1.165, 1.54) is 4.90 Å². The van der Waals surface area contributed by atoms with E-state index in [9.17, 15) is 27.6 Å². The zero-order valence-corrected chi connectivity index (χ0v) is 29.1. The molecule has 2 aromatic rings. The number of aromatic nitrogens is 1. The van der Waals surface area contributed by atoms with Crippen LogP contribution in [0.5, 0.6) is 11.6 Å². The van der Waals surface area contributed by atoms with Crippen LogP contribution in [0.1, 0.15) is 72.6 Å². The van der Waals surface area contributed by atoms with Crippen molar-refractivity contribution in [3.05, 3.63) is 30.5 Å². The van der Waals surface area contributed by atoms with Crippen LogP contribution in [0, 0.1) is 11.3 Å². The van der Waals surface area contributed by atoms with Crippen molar-refractivity contribution in [2.75, 3.05) is 19.8 Å². The molecular weight excluding hydrogens is 654 g/mol. The number of alkyl carbamates (subject to hydrolysis) is 1. The van der Waals surface area contributed by atoms with Crippen molar-refractivity contribution in [3.63, 3.8) is 0 Å². The van der Waals surface area contributed by atoms with Crippen LogP contribution in [0.15, 0.2) is 30.5 Å². The van der Waals surface area contributed by atoms with Crippen molar-refractivity contribution in [2.45, 2.75) is 102 Å². The predicted molar refractivity (Wildman–Crippen MR) is 178 cm³/mol. The highest BCUT2D eigenvalue weighted by molar-refractivity contribution is 7.91. The van der Waals surface area contributed by atoms with Crippen molar-refractivity contribution in [3.8, 4) is 11.6 Å². The van der Waals surface area contributed by atoms with E-state index in [2.05, 4.69) is 20.3 Å². The number of fused-ring (bicyclic) bond motifs is 3. The SMILES string of the molecule is CC[C@@H]1C[C@]1(NC(=O)[C@@H]1C[C@@H]2CN1C(=O)[C@H](C(C)(C)C)NC(=O)OCCCCOc1ccc3ccnc(c3c1)O2)C(=O)NS(=O)(=O)C1CC1. The molecule has 0 spiro atoms. The number of hydrogen-bond acceptors (Lipinski definition) is 10. The second kappa shape index (κ2) is 13.3. The molecule has 0 radical (unpaired) electrons. The van der Waals surface area contributed by atoms with Crippen LogP contribution in [0.4, 0.5) is 4.79 Å². The summed E-state index contributed by atoms with van der Waals surface area (Å²) >= 11 is 0. The maximum absolute atomic E-state index is 14.4. The Morgan fingerprint density at radius 1 is 1.10 bits per heavy atom. The van der Waals surface area contributed by atoms with Crippen LogP contribution in [0.25, 0.3) is 10.8 Å². The molecule has 6 rings (SSSR count). The van der Waals surface area contributed by atoms with Crippen molar-refractivity contribution in [1.29, 1.82) is 0 Å². The number of carbonyl (C=O) groups excluding carboxylic acids is 4. The van der Waals surface area contributed by atoms with Gasteiger partial charge >= 0.3 is 6.09 Å². The highest BCUT2D eigenvalue weighted by atomic mass is 32.2. The molecule has 49 heavy (non-hydrogen) atoms. The fraction of sp³-hybridized carbons (Fsp3) is 0.618. The summed E-state index contributed by atoms with van der Waals surface area (Å²) in [6.45, 7) is 7.76. The van der Waals surface area contributed by atoms with Gasteiger partial charge in [0, 0.05) is 18.0 Å². The predicted octanol–water partition coefficient (Wildman–Crippen LogP) is 2.79. The lowest BCUT2D eigenvalue weighted by molar-refractivity contribution is -0.143. The maximum Gasteiger partial charge on any atom is 0.407 e. The Morgan fingerprint density at radius 2 is 1.84 bits per heavy atom. The monoisotopic (exact) mass is 699 g/mol. The first-order chi connectivity index (χ1) is 23.2. The number of cyclic esters (lactones) is 1. The first-order valence-corrected chi connectivity index (χ1v) is 18.6. The molecule has 4 aliphatic rings. The van der Waals surface area contributed by atoms with Gasteiger partial charge in [-0.3, -0.25) is 19.1 Å². The number of pyridine rings is 1. The number of sulfonamides is 1. The van der Waals surface area contributed by atoms with E-state index in [0.717, 1.165) is 5.39 Å². The van der Waals surface area contributed by atoms with E-state index in [0.29, 0.717) is 55.7 Å². The molecule has 3 heterocycles. The lowest BCUT2D eigenvalue weighted by Crippen LogP contribution is -2.60. The largest absolute Gasteiger partial charge is 0.494 e. The minimum absolute atomic E-state index is 0.0129. The molecule has 1 saturated heterocycles. The Balaban J connectivity index is 1.32. The lowest BCUT2D eigenvalue weighted by atomic mass is 9.85. The second-order valence-corrected chi connectivity index (χ2v) is 16.5. The molecule has 4 amide bonds. The van der Waals surface area contributed by atoms with Crippen molar-refractivity contribution >= 4 is 44.6 Å². The quantitative estimate of drug-likeness (QED) is 0.406. The van der Waals surface area contributed by atoms with Gasteiger partial charge in [0.05, 0.1) is 25.0 Å². The second-order valence-electron chi connectivity index (χ2n) is 14.6. The van der Waals surface area contributed by atoms with Gasteiger partial charge in [-0.05, 0) is 67.0 Å². The summed E-state index contributed by atoms with van der Waals surface area (Å²) in [5.41, 5.74) is -2.20. The fourth-order valence-electron chi connectivity index (χ4n) is 6.67.